The number of aryl methyl sites for hydroxylation is 1. The summed E-state index contributed by atoms with van der Waals surface area (Å²) in [5.74, 6) is 0.658. The third-order valence-corrected chi connectivity index (χ3v) is 6.06. The van der Waals surface area contributed by atoms with Crippen molar-refractivity contribution in [3.63, 3.8) is 0 Å². The van der Waals surface area contributed by atoms with Crippen LogP contribution >= 0.6 is 0 Å². The van der Waals surface area contributed by atoms with Gasteiger partial charge in [0.15, 0.2) is 0 Å². The van der Waals surface area contributed by atoms with Gasteiger partial charge in [-0.05, 0) is 49.4 Å². The standard InChI is InChI=1S/C15H23N3O2S/c1-4-13-7-9-18(10-8-13)21(19,20)14-5-6-15(17-16-3)12(2)11-14/h5-6,11,13H,4,7-10H2,1-3H3. The summed E-state index contributed by atoms with van der Waals surface area (Å²) < 4.78 is 27.0. The van der Waals surface area contributed by atoms with Crippen molar-refractivity contribution in [3.8, 4) is 0 Å². The Morgan fingerprint density at radius 1 is 1.29 bits per heavy atom. The van der Waals surface area contributed by atoms with Gasteiger partial charge >= 0.3 is 0 Å². The molecule has 1 aliphatic rings. The fourth-order valence-electron chi connectivity index (χ4n) is 2.72. The first-order valence-corrected chi connectivity index (χ1v) is 8.83. The van der Waals surface area contributed by atoms with E-state index in [-0.39, 0.29) is 0 Å². The summed E-state index contributed by atoms with van der Waals surface area (Å²) in [5, 5.41) is 7.71. The van der Waals surface area contributed by atoms with Gasteiger partial charge in [-0.25, -0.2) is 8.42 Å². The average molecular weight is 309 g/mol. The number of azo groups is 1. The normalized spacial score (nSPS) is 18.4. The van der Waals surface area contributed by atoms with E-state index in [2.05, 4.69) is 17.2 Å². The molecule has 1 aliphatic heterocycles. The van der Waals surface area contributed by atoms with E-state index in [4.69, 9.17) is 0 Å². The Bertz CT molecular complexity index is 618. The highest BCUT2D eigenvalue weighted by atomic mass is 32.2. The number of hydrogen-bond acceptors (Lipinski definition) is 4. The maximum absolute atomic E-state index is 12.7. The van der Waals surface area contributed by atoms with Crippen molar-refractivity contribution in [2.45, 2.75) is 38.0 Å². The molecule has 0 spiro atoms. The number of nitrogens with zero attached hydrogens (tertiary/aromatic N) is 3. The van der Waals surface area contributed by atoms with Gasteiger partial charge in [-0.15, -0.1) is 0 Å². The van der Waals surface area contributed by atoms with E-state index >= 15 is 0 Å². The number of rotatable bonds is 4. The maximum atomic E-state index is 12.7. The third kappa shape index (κ3) is 3.49. The molecule has 0 bridgehead atoms. The lowest BCUT2D eigenvalue weighted by molar-refractivity contribution is 0.269. The van der Waals surface area contributed by atoms with Crippen LogP contribution in [0.4, 0.5) is 5.69 Å². The van der Waals surface area contributed by atoms with E-state index < -0.39 is 10.0 Å². The highest BCUT2D eigenvalue weighted by Crippen LogP contribution is 2.28. The Balaban J connectivity index is 2.22. The lowest BCUT2D eigenvalue weighted by Crippen LogP contribution is -2.38. The first kappa shape index (κ1) is 16.1. The quantitative estimate of drug-likeness (QED) is 0.799. The van der Waals surface area contributed by atoms with Crippen molar-refractivity contribution in [2.75, 3.05) is 20.1 Å². The van der Waals surface area contributed by atoms with Gasteiger partial charge in [-0.1, -0.05) is 13.3 Å². The molecule has 1 aromatic rings. The van der Waals surface area contributed by atoms with Crippen molar-refractivity contribution < 1.29 is 8.42 Å². The fourth-order valence-corrected chi connectivity index (χ4v) is 4.27. The molecule has 1 aromatic carbocycles. The van der Waals surface area contributed by atoms with Crippen LogP contribution in [-0.2, 0) is 10.0 Å². The van der Waals surface area contributed by atoms with E-state index in [0.29, 0.717) is 29.6 Å². The second-order valence-electron chi connectivity index (χ2n) is 5.50. The zero-order chi connectivity index (χ0) is 15.5. The molecule has 0 atom stereocenters. The van der Waals surface area contributed by atoms with Gasteiger partial charge in [0.05, 0.1) is 10.6 Å². The fraction of sp³-hybridized carbons (Fsp3) is 0.600. The molecular formula is C15H23N3O2S. The van der Waals surface area contributed by atoms with Crippen molar-refractivity contribution >= 4 is 15.7 Å². The van der Waals surface area contributed by atoms with E-state index in [1.165, 1.54) is 0 Å². The molecule has 2 rings (SSSR count). The van der Waals surface area contributed by atoms with Gasteiger partial charge in [-0.3, -0.25) is 0 Å². The zero-order valence-corrected chi connectivity index (χ0v) is 13.7. The molecule has 0 amide bonds. The summed E-state index contributed by atoms with van der Waals surface area (Å²) in [6.07, 6.45) is 3.04. The Morgan fingerprint density at radius 2 is 1.95 bits per heavy atom. The molecule has 0 aliphatic carbocycles. The highest BCUT2D eigenvalue weighted by molar-refractivity contribution is 7.89. The van der Waals surface area contributed by atoms with E-state index in [0.717, 1.165) is 24.8 Å². The van der Waals surface area contributed by atoms with E-state index in [9.17, 15) is 8.42 Å². The minimum atomic E-state index is -3.39. The molecule has 1 saturated heterocycles. The second kappa shape index (κ2) is 6.66. The minimum Gasteiger partial charge on any atom is -0.207 e. The molecule has 6 heteroatoms. The van der Waals surface area contributed by atoms with Crippen LogP contribution in [0.1, 0.15) is 31.7 Å². The summed E-state index contributed by atoms with van der Waals surface area (Å²) in [6, 6.07) is 5.03. The predicted molar refractivity (Wildman–Crippen MR) is 83.4 cm³/mol. The maximum Gasteiger partial charge on any atom is 0.243 e. The van der Waals surface area contributed by atoms with Crippen molar-refractivity contribution in [1.29, 1.82) is 0 Å². The van der Waals surface area contributed by atoms with Crippen LogP contribution in [0, 0.1) is 12.8 Å². The summed E-state index contributed by atoms with van der Waals surface area (Å²) in [5.41, 5.74) is 1.53. The molecule has 0 N–H and O–H groups in total. The lowest BCUT2D eigenvalue weighted by Gasteiger charge is -2.30. The van der Waals surface area contributed by atoms with E-state index in [1.54, 1.807) is 29.6 Å². The molecule has 116 valence electrons. The topological polar surface area (TPSA) is 62.1 Å². The Labute approximate surface area is 127 Å². The van der Waals surface area contributed by atoms with Gasteiger partial charge in [-0.2, -0.15) is 14.5 Å². The van der Waals surface area contributed by atoms with E-state index in [1.807, 2.05) is 6.92 Å². The van der Waals surface area contributed by atoms with Crippen molar-refractivity contribution in [2.24, 2.45) is 16.1 Å². The van der Waals surface area contributed by atoms with Crippen LogP contribution in [-0.4, -0.2) is 32.9 Å². The highest BCUT2D eigenvalue weighted by Gasteiger charge is 2.28. The largest absolute Gasteiger partial charge is 0.243 e. The number of sulfonamides is 1. The number of benzene rings is 1. The monoisotopic (exact) mass is 309 g/mol. The van der Waals surface area contributed by atoms with Crippen LogP contribution in [0.5, 0.6) is 0 Å². The van der Waals surface area contributed by atoms with Gasteiger partial charge in [0.25, 0.3) is 0 Å². The van der Waals surface area contributed by atoms with Crippen LogP contribution in [0.3, 0.4) is 0 Å². The summed E-state index contributed by atoms with van der Waals surface area (Å²) in [6.45, 7) is 5.26. The molecule has 5 nitrogen and oxygen atoms in total. The molecule has 1 fully saturated rings. The summed E-state index contributed by atoms with van der Waals surface area (Å²) >= 11 is 0. The molecule has 0 radical (unpaired) electrons. The van der Waals surface area contributed by atoms with Gasteiger partial charge in [0.2, 0.25) is 10.0 Å². The molecule has 0 unspecified atom stereocenters. The SMILES string of the molecule is CCC1CCN(S(=O)(=O)c2ccc(N=NC)c(C)c2)CC1. The minimum absolute atomic E-state index is 0.352. The summed E-state index contributed by atoms with van der Waals surface area (Å²) in [7, 11) is -1.79. The molecule has 21 heavy (non-hydrogen) atoms. The second-order valence-corrected chi connectivity index (χ2v) is 7.44. The van der Waals surface area contributed by atoms with Crippen LogP contribution in [0.15, 0.2) is 33.3 Å². The summed E-state index contributed by atoms with van der Waals surface area (Å²) in [4.78, 5) is 0.352. The molecule has 1 heterocycles. The Kier molecular flexibility index (Phi) is 5.11. The van der Waals surface area contributed by atoms with Gasteiger partial charge in [0.1, 0.15) is 0 Å². The first-order chi connectivity index (χ1) is 9.98. The number of piperidine rings is 1. The Morgan fingerprint density at radius 3 is 2.48 bits per heavy atom. The van der Waals surface area contributed by atoms with Crippen LogP contribution < -0.4 is 0 Å². The smallest absolute Gasteiger partial charge is 0.207 e. The third-order valence-electron chi connectivity index (χ3n) is 4.16. The molecular weight excluding hydrogens is 286 g/mol. The van der Waals surface area contributed by atoms with Gasteiger partial charge < -0.3 is 0 Å². The lowest BCUT2D eigenvalue weighted by atomic mass is 9.96. The van der Waals surface area contributed by atoms with Crippen molar-refractivity contribution in [1.82, 2.24) is 4.31 Å². The first-order valence-electron chi connectivity index (χ1n) is 7.39. The molecule has 0 aromatic heterocycles. The van der Waals surface area contributed by atoms with Crippen molar-refractivity contribution in [3.05, 3.63) is 23.8 Å². The number of hydrogen-bond donors (Lipinski definition) is 0. The average Bonchev–Trinajstić information content (AvgIpc) is 2.49. The van der Waals surface area contributed by atoms with Gasteiger partial charge in [0, 0.05) is 20.1 Å². The van der Waals surface area contributed by atoms with Crippen LogP contribution in [0.2, 0.25) is 0 Å². The van der Waals surface area contributed by atoms with Crippen LogP contribution in [0.25, 0.3) is 0 Å². The molecule has 0 saturated carbocycles. The predicted octanol–water partition coefficient (Wildman–Crippen LogP) is 3.52. The Hall–Kier alpha value is -1.27. The zero-order valence-electron chi connectivity index (χ0n) is 12.9.